The molecule has 2 heterocycles. The van der Waals surface area contributed by atoms with Gasteiger partial charge in [-0.05, 0) is 25.1 Å². The van der Waals surface area contributed by atoms with Crippen molar-refractivity contribution in [3.05, 3.63) is 56.6 Å². The first-order valence-corrected chi connectivity index (χ1v) is 10.1. The quantitative estimate of drug-likeness (QED) is 0.578. The van der Waals surface area contributed by atoms with Crippen LogP contribution in [0.3, 0.4) is 0 Å². The van der Waals surface area contributed by atoms with E-state index in [1.807, 2.05) is 4.90 Å². The molecule has 2 aromatic rings. The van der Waals surface area contributed by atoms with Gasteiger partial charge in [-0.2, -0.15) is 13.2 Å². The number of aromatic nitrogens is 2. The van der Waals surface area contributed by atoms with Crippen LogP contribution < -0.4 is 20.9 Å². The van der Waals surface area contributed by atoms with E-state index in [2.05, 4.69) is 9.88 Å². The van der Waals surface area contributed by atoms with Crippen molar-refractivity contribution in [3.8, 4) is 5.75 Å². The zero-order chi connectivity index (χ0) is 23.3. The van der Waals surface area contributed by atoms with Gasteiger partial charge in [-0.1, -0.05) is 0 Å². The van der Waals surface area contributed by atoms with E-state index in [0.717, 1.165) is 10.6 Å². The molecule has 2 N–H and O–H groups in total. The van der Waals surface area contributed by atoms with E-state index in [-0.39, 0.29) is 17.9 Å². The topological polar surface area (TPSA) is 90.8 Å². The fourth-order valence-corrected chi connectivity index (χ4v) is 3.56. The highest BCUT2D eigenvalue weighted by atomic mass is 19.4. The van der Waals surface area contributed by atoms with Gasteiger partial charge in [0.2, 0.25) is 0 Å². The third kappa shape index (κ3) is 6.10. The van der Waals surface area contributed by atoms with E-state index in [1.165, 1.54) is 18.3 Å². The average molecular weight is 460 g/mol. The molecule has 1 aliphatic heterocycles. The summed E-state index contributed by atoms with van der Waals surface area (Å²) in [6.45, 7) is 1.01. The van der Waals surface area contributed by atoms with E-state index in [0.29, 0.717) is 44.8 Å². The number of H-pyrrole nitrogens is 1. The normalized spacial score (nSPS) is 15.2. The lowest BCUT2D eigenvalue weighted by molar-refractivity contribution is -0.153. The lowest BCUT2D eigenvalue weighted by atomic mass is 10.2. The molecule has 1 saturated heterocycles. The van der Waals surface area contributed by atoms with Crippen LogP contribution in [0.2, 0.25) is 0 Å². The molecular formula is C20H24F4N4O4. The number of anilines is 1. The van der Waals surface area contributed by atoms with Crippen LogP contribution in [0.25, 0.3) is 0 Å². The Morgan fingerprint density at radius 1 is 1.09 bits per heavy atom. The van der Waals surface area contributed by atoms with E-state index in [1.54, 1.807) is 0 Å². The van der Waals surface area contributed by atoms with E-state index >= 15 is 0 Å². The van der Waals surface area contributed by atoms with Crippen LogP contribution in [0.1, 0.15) is 12.0 Å². The number of aliphatic hydroxyl groups is 1. The van der Waals surface area contributed by atoms with Crippen molar-refractivity contribution in [2.75, 3.05) is 44.2 Å². The van der Waals surface area contributed by atoms with Crippen molar-refractivity contribution in [3.63, 3.8) is 0 Å². The number of alkyl halides is 3. The highest BCUT2D eigenvalue weighted by molar-refractivity contribution is 5.59. The summed E-state index contributed by atoms with van der Waals surface area (Å²) < 4.78 is 56.9. The smallest absolute Gasteiger partial charge is 0.422 e. The highest BCUT2D eigenvalue weighted by Crippen LogP contribution is 2.31. The van der Waals surface area contributed by atoms with Crippen LogP contribution in [0.15, 0.2) is 34.0 Å². The van der Waals surface area contributed by atoms with Crippen molar-refractivity contribution in [2.24, 2.45) is 0 Å². The molecule has 0 amide bonds. The number of halogens is 4. The first kappa shape index (κ1) is 23.8. The van der Waals surface area contributed by atoms with Crippen LogP contribution >= 0.6 is 0 Å². The summed E-state index contributed by atoms with van der Waals surface area (Å²) >= 11 is 0. The molecular weight excluding hydrogens is 436 g/mol. The summed E-state index contributed by atoms with van der Waals surface area (Å²) in [6, 6.07) is 3.53. The van der Waals surface area contributed by atoms with Gasteiger partial charge >= 0.3 is 11.9 Å². The minimum absolute atomic E-state index is 0.112. The molecule has 3 rings (SSSR count). The lowest BCUT2D eigenvalue weighted by Gasteiger charge is -2.36. The minimum Gasteiger partial charge on any atom is -0.482 e. The Labute approximate surface area is 180 Å². The predicted molar refractivity (Wildman–Crippen MR) is 108 cm³/mol. The molecule has 1 aromatic carbocycles. The summed E-state index contributed by atoms with van der Waals surface area (Å²) in [6.07, 6.45) is -2.81. The molecule has 8 nitrogen and oxygen atoms in total. The fraction of sp³-hybridized carbons (Fsp3) is 0.500. The molecule has 0 spiro atoms. The van der Waals surface area contributed by atoms with Gasteiger partial charge in [0, 0.05) is 45.0 Å². The van der Waals surface area contributed by atoms with Gasteiger partial charge in [-0.25, -0.2) is 9.18 Å². The third-order valence-electron chi connectivity index (χ3n) is 5.19. The second-order valence-electron chi connectivity index (χ2n) is 7.43. The molecule has 12 heteroatoms. The van der Waals surface area contributed by atoms with Gasteiger partial charge in [-0.15, -0.1) is 0 Å². The third-order valence-corrected chi connectivity index (χ3v) is 5.19. The van der Waals surface area contributed by atoms with Crippen LogP contribution in [-0.4, -0.2) is 65.1 Å². The number of rotatable bonds is 8. The summed E-state index contributed by atoms with van der Waals surface area (Å²) in [4.78, 5) is 30.3. The molecule has 32 heavy (non-hydrogen) atoms. The van der Waals surface area contributed by atoms with Gasteiger partial charge in [0.15, 0.2) is 6.61 Å². The molecule has 0 aliphatic carbocycles. The zero-order valence-electron chi connectivity index (χ0n) is 17.2. The Morgan fingerprint density at radius 3 is 2.47 bits per heavy atom. The molecule has 1 aliphatic rings. The maximum Gasteiger partial charge on any atom is 0.422 e. The van der Waals surface area contributed by atoms with E-state index in [4.69, 9.17) is 9.84 Å². The molecule has 176 valence electrons. The summed E-state index contributed by atoms with van der Waals surface area (Å²) in [5, 5.41) is 9.16. The summed E-state index contributed by atoms with van der Waals surface area (Å²) in [5.41, 5.74) is -0.557. The number of hydrogen-bond acceptors (Lipinski definition) is 6. The predicted octanol–water partition coefficient (Wildman–Crippen LogP) is 1.32. The second-order valence-corrected chi connectivity index (χ2v) is 7.43. The zero-order valence-corrected chi connectivity index (χ0v) is 17.2. The van der Waals surface area contributed by atoms with Crippen LogP contribution in [-0.2, 0) is 13.2 Å². The largest absolute Gasteiger partial charge is 0.482 e. The number of piperazine rings is 1. The average Bonchev–Trinajstić information content (AvgIpc) is 2.75. The number of hydrogen-bond donors (Lipinski definition) is 2. The Morgan fingerprint density at radius 2 is 1.81 bits per heavy atom. The number of benzene rings is 1. The minimum atomic E-state index is -4.53. The molecule has 0 bridgehead atoms. The molecule has 1 aromatic heterocycles. The number of ether oxygens (including phenoxy) is 1. The Balaban J connectivity index is 1.55. The SMILES string of the molecule is O=c1[nH]cc(CO)c(=O)n1CCCN1CCN(c2ccc(F)cc2OCC(F)(F)F)CC1. The van der Waals surface area contributed by atoms with Gasteiger partial charge < -0.3 is 19.7 Å². The highest BCUT2D eigenvalue weighted by Gasteiger charge is 2.29. The number of aromatic amines is 1. The lowest BCUT2D eigenvalue weighted by Crippen LogP contribution is -2.47. The van der Waals surface area contributed by atoms with E-state index in [9.17, 15) is 27.2 Å². The number of nitrogens with one attached hydrogen (secondary N) is 1. The number of aliphatic hydroxyl groups excluding tert-OH is 1. The van der Waals surface area contributed by atoms with Crippen molar-refractivity contribution in [2.45, 2.75) is 25.7 Å². The molecule has 0 atom stereocenters. The Hall–Kier alpha value is -2.86. The maximum atomic E-state index is 13.5. The van der Waals surface area contributed by atoms with Crippen molar-refractivity contribution in [1.29, 1.82) is 0 Å². The van der Waals surface area contributed by atoms with Crippen LogP contribution in [0.4, 0.5) is 23.2 Å². The van der Waals surface area contributed by atoms with Gasteiger partial charge in [0.05, 0.1) is 17.9 Å². The molecule has 1 fully saturated rings. The van der Waals surface area contributed by atoms with Crippen molar-refractivity contribution in [1.82, 2.24) is 14.5 Å². The summed E-state index contributed by atoms with van der Waals surface area (Å²) in [7, 11) is 0. The van der Waals surface area contributed by atoms with Gasteiger partial charge in [0.25, 0.3) is 5.56 Å². The van der Waals surface area contributed by atoms with E-state index < -0.39 is 36.5 Å². The fourth-order valence-electron chi connectivity index (χ4n) is 3.56. The van der Waals surface area contributed by atoms with Crippen LogP contribution in [0, 0.1) is 5.82 Å². The maximum absolute atomic E-state index is 13.5. The first-order chi connectivity index (χ1) is 15.2. The standard InChI is InChI=1S/C20H24F4N4O4/c21-15-2-3-16(17(10-15)32-13-20(22,23)24)27-8-6-26(7-9-27)4-1-5-28-18(30)14(12-29)11-25-19(28)31/h2-3,10-11,29H,1,4-9,12-13H2,(H,25,31). The van der Waals surface area contributed by atoms with Gasteiger partial charge in [0.1, 0.15) is 11.6 Å². The second kappa shape index (κ2) is 10.2. The van der Waals surface area contributed by atoms with Crippen molar-refractivity contribution < 1.29 is 27.4 Å². The number of nitrogens with zero attached hydrogens (tertiary/aromatic N) is 3. The monoisotopic (exact) mass is 460 g/mol. The molecule has 0 radical (unpaired) electrons. The molecule has 0 saturated carbocycles. The van der Waals surface area contributed by atoms with Crippen LogP contribution in [0.5, 0.6) is 5.75 Å². The van der Waals surface area contributed by atoms with Gasteiger partial charge in [-0.3, -0.25) is 14.3 Å². The Bertz CT molecular complexity index is 1030. The first-order valence-electron chi connectivity index (χ1n) is 10.1. The molecule has 0 unspecified atom stereocenters. The summed E-state index contributed by atoms with van der Waals surface area (Å²) in [5.74, 6) is -0.835. The van der Waals surface area contributed by atoms with Crippen molar-refractivity contribution >= 4 is 5.69 Å². The Kier molecular flexibility index (Phi) is 7.56.